The van der Waals surface area contributed by atoms with E-state index in [9.17, 15) is 9.59 Å². The number of rotatable bonds is 5. The number of methoxy groups -OCH3 is 1. The van der Waals surface area contributed by atoms with E-state index in [1.807, 2.05) is 0 Å². The summed E-state index contributed by atoms with van der Waals surface area (Å²) in [6, 6.07) is 5.87. The lowest BCUT2D eigenvalue weighted by molar-refractivity contribution is -0.118. The van der Waals surface area contributed by atoms with E-state index in [1.54, 1.807) is 31.3 Å². The number of benzene rings is 1. The van der Waals surface area contributed by atoms with Gasteiger partial charge in [0.15, 0.2) is 0 Å². The summed E-state index contributed by atoms with van der Waals surface area (Å²) in [4.78, 5) is 23.1. The minimum absolute atomic E-state index is 0.140. The van der Waals surface area contributed by atoms with Crippen LogP contribution in [0.1, 0.15) is 10.4 Å². The Kier molecular flexibility index (Phi) is 5.29. The molecule has 0 radical (unpaired) electrons. The van der Waals surface area contributed by atoms with Crippen LogP contribution in [-0.4, -0.2) is 38.6 Å². The number of carbonyl (C=O) groups is 2. The Morgan fingerprint density at radius 2 is 2.17 bits per heavy atom. The standard InChI is InChI=1S/C12H17N3O3/c1-14-11(16)8-4-3-5-9(6-8)15-12(17)10(13)7-18-2/h3-6,10H,7,13H2,1-2H3,(H,14,16)(H,15,17). The van der Waals surface area contributed by atoms with E-state index in [-0.39, 0.29) is 18.4 Å². The van der Waals surface area contributed by atoms with E-state index in [2.05, 4.69) is 10.6 Å². The van der Waals surface area contributed by atoms with Crippen molar-refractivity contribution in [3.63, 3.8) is 0 Å². The largest absolute Gasteiger partial charge is 0.383 e. The molecule has 0 saturated carbocycles. The van der Waals surface area contributed by atoms with Gasteiger partial charge in [0.25, 0.3) is 5.91 Å². The fraction of sp³-hybridized carbons (Fsp3) is 0.333. The molecule has 4 N–H and O–H groups in total. The first-order valence-electron chi connectivity index (χ1n) is 5.46. The summed E-state index contributed by atoms with van der Waals surface area (Å²) in [5.74, 6) is -0.571. The van der Waals surface area contributed by atoms with E-state index in [0.29, 0.717) is 11.3 Å². The molecule has 0 heterocycles. The van der Waals surface area contributed by atoms with Gasteiger partial charge in [0.05, 0.1) is 6.61 Å². The highest BCUT2D eigenvalue weighted by Gasteiger charge is 2.13. The second-order valence-corrected chi connectivity index (χ2v) is 3.71. The van der Waals surface area contributed by atoms with Crippen LogP contribution >= 0.6 is 0 Å². The number of anilines is 1. The summed E-state index contributed by atoms with van der Waals surface area (Å²) in [5.41, 5.74) is 6.57. The third-order valence-corrected chi connectivity index (χ3v) is 2.30. The van der Waals surface area contributed by atoms with Gasteiger partial charge in [-0.1, -0.05) is 6.07 Å². The van der Waals surface area contributed by atoms with Gasteiger partial charge in [-0.3, -0.25) is 9.59 Å². The molecule has 1 atom stereocenters. The molecule has 18 heavy (non-hydrogen) atoms. The van der Waals surface area contributed by atoms with E-state index in [1.165, 1.54) is 7.11 Å². The highest BCUT2D eigenvalue weighted by atomic mass is 16.5. The van der Waals surface area contributed by atoms with Gasteiger partial charge in [-0.25, -0.2) is 0 Å². The molecule has 0 aliphatic heterocycles. The van der Waals surface area contributed by atoms with Gasteiger partial charge >= 0.3 is 0 Å². The summed E-state index contributed by atoms with van der Waals surface area (Å²) in [6.07, 6.45) is 0. The molecule has 0 bridgehead atoms. The van der Waals surface area contributed by atoms with Crippen molar-refractivity contribution in [3.05, 3.63) is 29.8 Å². The first kappa shape index (κ1) is 14.1. The Labute approximate surface area is 105 Å². The number of amides is 2. The molecular weight excluding hydrogens is 234 g/mol. The summed E-state index contributed by atoms with van der Waals surface area (Å²) < 4.78 is 4.79. The van der Waals surface area contributed by atoms with Crippen molar-refractivity contribution in [1.29, 1.82) is 0 Å². The van der Waals surface area contributed by atoms with Crippen molar-refractivity contribution in [1.82, 2.24) is 5.32 Å². The Morgan fingerprint density at radius 1 is 1.44 bits per heavy atom. The first-order valence-corrected chi connectivity index (χ1v) is 5.46. The third-order valence-electron chi connectivity index (χ3n) is 2.30. The van der Waals surface area contributed by atoms with Crippen LogP contribution in [0.25, 0.3) is 0 Å². The zero-order valence-corrected chi connectivity index (χ0v) is 10.4. The summed E-state index contributed by atoms with van der Waals surface area (Å²) in [6.45, 7) is 0.140. The smallest absolute Gasteiger partial charge is 0.251 e. The fourth-order valence-electron chi connectivity index (χ4n) is 1.37. The number of hydrogen-bond acceptors (Lipinski definition) is 4. The molecule has 1 unspecified atom stereocenters. The minimum atomic E-state index is -0.737. The molecule has 6 nitrogen and oxygen atoms in total. The zero-order chi connectivity index (χ0) is 13.5. The highest BCUT2D eigenvalue weighted by molar-refractivity contribution is 5.98. The molecule has 1 aromatic carbocycles. The van der Waals surface area contributed by atoms with E-state index in [4.69, 9.17) is 10.5 Å². The normalized spacial score (nSPS) is 11.7. The average molecular weight is 251 g/mol. The molecule has 0 spiro atoms. The number of nitrogens with two attached hydrogens (primary N) is 1. The van der Waals surface area contributed by atoms with Crippen molar-refractivity contribution in [2.45, 2.75) is 6.04 Å². The second kappa shape index (κ2) is 6.73. The van der Waals surface area contributed by atoms with Gasteiger partial charge in [0, 0.05) is 25.4 Å². The molecule has 0 aliphatic carbocycles. The quantitative estimate of drug-likeness (QED) is 0.684. The van der Waals surface area contributed by atoms with Gasteiger partial charge in [-0.05, 0) is 18.2 Å². The third kappa shape index (κ3) is 3.83. The van der Waals surface area contributed by atoms with E-state index < -0.39 is 6.04 Å². The summed E-state index contributed by atoms with van der Waals surface area (Å²) in [5, 5.41) is 5.13. The Bertz CT molecular complexity index is 434. The van der Waals surface area contributed by atoms with Crippen molar-refractivity contribution < 1.29 is 14.3 Å². The molecule has 1 rings (SSSR count). The van der Waals surface area contributed by atoms with Crippen LogP contribution in [0.15, 0.2) is 24.3 Å². The lowest BCUT2D eigenvalue weighted by Gasteiger charge is -2.11. The summed E-state index contributed by atoms with van der Waals surface area (Å²) >= 11 is 0. The first-order chi connectivity index (χ1) is 8.58. The molecule has 0 saturated heterocycles. The zero-order valence-electron chi connectivity index (χ0n) is 10.4. The van der Waals surface area contributed by atoms with Crippen molar-refractivity contribution in [2.24, 2.45) is 5.73 Å². The van der Waals surface area contributed by atoms with Crippen molar-refractivity contribution in [2.75, 3.05) is 26.1 Å². The SMILES string of the molecule is CNC(=O)c1cccc(NC(=O)C(N)COC)c1. The maximum atomic E-state index is 11.6. The Hall–Kier alpha value is -1.92. The fourth-order valence-corrected chi connectivity index (χ4v) is 1.37. The summed E-state index contributed by atoms with van der Waals surface area (Å²) in [7, 11) is 3.02. The van der Waals surface area contributed by atoms with Gasteiger partial charge < -0.3 is 21.1 Å². The molecule has 1 aromatic rings. The maximum absolute atomic E-state index is 11.6. The molecule has 98 valence electrons. The van der Waals surface area contributed by atoms with Gasteiger partial charge in [-0.2, -0.15) is 0 Å². The minimum Gasteiger partial charge on any atom is -0.383 e. The molecular formula is C12H17N3O3. The highest BCUT2D eigenvalue weighted by Crippen LogP contribution is 2.10. The monoisotopic (exact) mass is 251 g/mol. The maximum Gasteiger partial charge on any atom is 0.251 e. The Morgan fingerprint density at radius 3 is 2.78 bits per heavy atom. The number of carbonyl (C=O) groups excluding carboxylic acids is 2. The van der Waals surface area contributed by atoms with Crippen LogP contribution < -0.4 is 16.4 Å². The van der Waals surface area contributed by atoms with Crippen LogP contribution in [0.2, 0.25) is 0 Å². The van der Waals surface area contributed by atoms with Crippen molar-refractivity contribution in [3.8, 4) is 0 Å². The number of ether oxygens (including phenoxy) is 1. The van der Waals surface area contributed by atoms with E-state index in [0.717, 1.165) is 0 Å². The van der Waals surface area contributed by atoms with Gasteiger partial charge in [-0.15, -0.1) is 0 Å². The molecule has 0 fully saturated rings. The topological polar surface area (TPSA) is 93.5 Å². The lowest BCUT2D eigenvalue weighted by atomic mass is 10.2. The van der Waals surface area contributed by atoms with Crippen LogP contribution in [0.5, 0.6) is 0 Å². The van der Waals surface area contributed by atoms with Crippen molar-refractivity contribution >= 4 is 17.5 Å². The van der Waals surface area contributed by atoms with Crippen LogP contribution in [-0.2, 0) is 9.53 Å². The predicted molar refractivity (Wildman–Crippen MR) is 68.3 cm³/mol. The van der Waals surface area contributed by atoms with Crippen LogP contribution in [0, 0.1) is 0 Å². The van der Waals surface area contributed by atoms with E-state index >= 15 is 0 Å². The number of hydrogen-bond donors (Lipinski definition) is 3. The van der Waals surface area contributed by atoms with Gasteiger partial charge in [0.1, 0.15) is 6.04 Å². The predicted octanol–water partition coefficient (Wildman–Crippen LogP) is -0.0416. The lowest BCUT2D eigenvalue weighted by Crippen LogP contribution is -2.39. The molecule has 0 aromatic heterocycles. The Balaban J connectivity index is 2.73. The number of nitrogens with one attached hydrogen (secondary N) is 2. The average Bonchev–Trinajstić information content (AvgIpc) is 2.38. The molecule has 2 amide bonds. The molecule has 6 heteroatoms. The van der Waals surface area contributed by atoms with Gasteiger partial charge in [0.2, 0.25) is 5.91 Å². The second-order valence-electron chi connectivity index (χ2n) is 3.71. The molecule has 0 aliphatic rings. The van der Waals surface area contributed by atoms with Crippen LogP contribution in [0.3, 0.4) is 0 Å². The van der Waals surface area contributed by atoms with Crippen LogP contribution in [0.4, 0.5) is 5.69 Å².